The van der Waals surface area contributed by atoms with Crippen LogP contribution in [0.15, 0.2) is 4.34 Å². The highest BCUT2D eigenvalue weighted by molar-refractivity contribution is 8.01. The molecule has 2 aliphatic rings. The minimum absolute atomic E-state index is 0.110. The Morgan fingerprint density at radius 2 is 2.10 bits per heavy atom. The number of amides is 1. The fourth-order valence-electron chi connectivity index (χ4n) is 2.33. The predicted molar refractivity (Wildman–Crippen MR) is 83.9 cm³/mol. The first-order valence-corrected chi connectivity index (χ1v) is 9.06. The van der Waals surface area contributed by atoms with Crippen molar-refractivity contribution in [2.24, 2.45) is 0 Å². The normalized spacial score (nSPS) is 25.9. The number of thioether (sulfide) groups is 1. The zero-order valence-electron chi connectivity index (χ0n) is 12.2. The molecule has 1 amide bonds. The molecule has 1 aliphatic heterocycles. The van der Waals surface area contributed by atoms with E-state index >= 15 is 0 Å². The first kappa shape index (κ1) is 15.1. The minimum Gasteiger partial charge on any atom is -0.372 e. The molecule has 2 fully saturated rings. The molecule has 2 unspecified atom stereocenters. The molecule has 3 rings (SSSR count). The number of carbonyl (C=O) groups excluding carboxylic acids is 1. The van der Waals surface area contributed by atoms with Crippen LogP contribution in [-0.4, -0.2) is 58.1 Å². The Labute approximate surface area is 132 Å². The van der Waals surface area contributed by atoms with E-state index in [0.717, 1.165) is 9.47 Å². The van der Waals surface area contributed by atoms with E-state index in [-0.39, 0.29) is 18.1 Å². The molecule has 0 spiro atoms. The Balaban J connectivity index is 1.47. The van der Waals surface area contributed by atoms with E-state index in [4.69, 9.17) is 4.74 Å². The van der Waals surface area contributed by atoms with E-state index in [1.807, 2.05) is 18.7 Å². The van der Waals surface area contributed by atoms with Crippen LogP contribution in [0.1, 0.15) is 26.7 Å². The zero-order chi connectivity index (χ0) is 14.8. The van der Waals surface area contributed by atoms with E-state index < -0.39 is 0 Å². The van der Waals surface area contributed by atoms with Gasteiger partial charge in [0.25, 0.3) is 0 Å². The summed E-state index contributed by atoms with van der Waals surface area (Å²) in [5, 5.41) is 12.4. The summed E-state index contributed by atoms with van der Waals surface area (Å²) < 4.78 is 6.49. The molecule has 8 heteroatoms. The Morgan fingerprint density at radius 1 is 1.38 bits per heavy atom. The van der Waals surface area contributed by atoms with Gasteiger partial charge in [0.1, 0.15) is 0 Å². The van der Waals surface area contributed by atoms with E-state index in [1.54, 1.807) is 0 Å². The number of nitrogens with zero attached hydrogens (tertiary/aromatic N) is 3. The maximum absolute atomic E-state index is 12.2. The van der Waals surface area contributed by atoms with E-state index in [1.165, 1.54) is 35.9 Å². The van der Waals surface area contributed by atoms with Crippen LogP contribution in [0.5, 0.6) is 0 Å². The third-order valence-electron chi connectivity index (χ3n) is 3.40. The van der Waals surface area contributed by atoms with Crippen molar-refractivity contribution in [3.63, 3.8) is 0 Å². The van der Waals surface area contributed by atoms with Gasteiger partial charge < -0.3 is 15.0 Å². The van der Waals surface area contributed by atoms with Gasteiger partial charge in [0.2, 0.25) is 11.0 Å². The molecule has 0 bridgehead atoms. The van der Waals surface area contributed by atoms with Crippen LogP contribution in [0.4, 0.5) is 5.13 Å². The van der Waals surface area contributed by atoms with Crippen LogP contribution in [-0.2, 0) is 9.53 Å². The molecule has 1 saturated heterocycles. The Bertz CT molecular complexity index is 496. The van der Waals surface area contributed by atoms with Gasteiger partial charge in [-0.3, -0.25) is 4.79 Å². The highest BCUT2D eigenvalue weighted by Gasteiger charge is 2.26. The van der Waals surface area contributed by atoms with Gasteiger partial charge in [0.15, 0.2) is 4.34 Å². The maximum Gasteiger partial charge on any atom is 0.233 e. The molecular weight excluding hydrogens is 308 g/mol. The fourth-order valence-corrected chi connectivity index (χ4v) is 4.06. The molecule has 1 saturated carbocycles. The van der Waals surface area contributed by atoms with Gasteiger partial charge in [-0.2, -0.15) is 0 Å². The quantitative estimate of drug-likeness (QED) is 0.832. The van der Waals surface area contributed by atoms with Gasteiger partial charge in [-0.05, 0) is 26.7 Å². The van der Waals surface area contributed by atoms with E-state index in [2.05, 4.69) is 15.5 Å². The van der Waals surface area contributed by atoms with Gasteiger partial charge >= 0.3 is 0 Å². The second-order valence-electron chi connectivity index (χ2n) is 5.64. The molecule has 0 radical (unpaired) electrons. The summed E-state index contributed by atoms with van der Waals surface area (Å²) in [6.07, 6.45) is 2.65. The summed E-state index contributed by atoms with van der Waals surface area (Å²) in [7, 11) is 0. The summed E-state index contributed by atoms with van der Waals surface area (Å²) in [5.41, 5.74) is 0. The molecule has 6 nitrogen and oxygen atoms in total. The second kappa shape index (κ2) is 6.50. The van der Waals surface area contributed by atoms with Gasteiger partial charge in [-0.25, -0.2) is 0 Å². The SMILES string of the molecule is CC1CN(C(=O)CSc2nnc(NC3CC3)s2)CC(C)O1. The number of rotatable bonds is 5. The van der Waals surface area contributed by atoms with Crippen molar-refractivity contribution in [3.05, 3.63) is 0 Å². The number of morpholine rings is 1. The van der Waals surface area contributed by atoms with Crippen molar-refractivity contribution in [2.45, 2.75) is 49.3 Å². The van der Waals surface area contributed by atoms with E-state index in [9.17, 15) is 4.79 Å². The predicted octanol–water partition coefficient (Wildman–Crippen LogP) is 1.84. The summed E-state index contributed by atoms with van der Waals surface area (Å²) in [5.74, 6) is 0.561. The van der Waals surface area contributed by atoms with Crippen LogP contribution in [0.25, 0.3) is 0 Å². The monoisotopic (exact) mass is 328 g/mol. The summed E-state index contributed by atoms with van der Waals surface area (Å²) in [6, 6.07) is 0.578. The molecule has 1 N–H and O–H groups in total. The van der Waals surface area contributed by atoms with Crippen LogP contribution in [0.2, 0.25) is 0 Å². The molecule has 2 atom stereocenters. The van der Waals surface area contributed by atoms with Crippen LogP contribution < -0.4 is 5.32 Å². The first-order valence-electron chi connectivity index (χ1n) is 7.26. The Hall–Kier alpha value is -0.860. The molecule has 2 heterocycles. The van der Waals surface area contributed by atoms with Crippen molar-refractivity contribution >= 4 is 34.1 Å². The summed E-state index contributed by atoms with van der Waals surface area (Å²) >= 11 is 2.99. The average molecular weight is 328 g/mol. The fraction of sp³-hybridized carbons (Fsp3) is 0.769. The molecule has 1 aliphatic carbocycles. The minimum atomic E-state index is 0.110. The number of carbonyl (C=O) groups is 1. The van der Waals surface area contributed by atoms with Crippen LogP contribution in [0, 0.1) is 0 Å². The number of nitrogens with one attached hydrogen (secondary N) is 1. The lowest BCUT2D eigenvalue weighted by atomic mass is 10.2. The zero-order valence-corrected chi connectivity index (χ0v) is 13.9. The van der Waals surface area contributed by atoms with Gasteiger partial charge in [-0.1, -0.05) is 23.1 Å². The van der Waals surface area contributed by atoms with Gasteiger partial charge in [-0.15, -0.1) is 10.2 Å². The first-order chi connectivity index (χ1) is 10.1. The number of hydrogen-bond donors (Lipinski definition) is 1. The van der Waals surface area contributed by atoms with Crippen molar-refractivity contribution in [1.29, 1.82) is 0 Å². The van der Waals surface area contributed by atoms with E-state index in [0.29, 0.717) is 24.9 Å². The number of ether oxygens (including phenoxy) is 1. The van der Waals surface area contributed by atoms with Crippen molar-refractivity contribution in [3.8, 4) is 0 Å². The van der Waals surface area contributed by atoms with Crippen molar-refractivity contribution in [1.82, 2.24) is 15.1 Å². The lowest BCUT2D eigenvalue weighted by molar-refractivity contribution is -0.140. The molecule has 116 valence electrons. The second-order valence-corrected chi connectivity index (χ2v) is 7.84. The third-order valence-corrected chi connectivity index (χ3v) is 5.38. The topological polar surface area (TPSA) is 67.4 Å². The standard InChI is InChI=1S/C13H20N4O2S2/c1-8-5-17(6-9(2)19-8)11(18)7-20-13-16-15-12(21-13)14-10-3-4-10/h8-10H,3-7H2,1-2H3,(H,14,15). The van der Waals surface area contributed by atoms with Gasteiger partial charge in [0, 0.05) is 19.1 Å². The summed E-state index contributed by atoms with van der Waals surface area (Å²) in [4.78, 5) is 14.1. The largest absolute Gasteiger partial charge is 0.372 e. The maximum atomic E-state index is 12.2. The van der Waals surface area contributed by atoms with Gasteiger partial charge in [0.05, 0.1) is 18.0 Å². The molecule has 21 heavy (non-hydrogen) atoms. The molecule has 0 aromatic carbocycles. The van der Waals surface area contributed by atoms with Crippen LogP contribution in [0.3, 0.4) is 0 Å². The Kier molecular flexibility index (Phi) is 4.66. The average Bonchev–Trinajstić information content (AvgIpc) is 3.12. The lowest BCUT2D eigenvalue weighted by Gasteiger charge is -2.35. The number of aromatic nitrogens is 2. The lowest BCUT2D eigenvalue weighted by Crippen LogP contribution is -2.48. The molecule has 1 aromatic heterocycles. The smallest absolute Gasteiger partial charge is 0.233 e. The third kappa shape index (κ3) is 4.31. The molecule has 1 aromatic rings. The highest BCUT2D eigenvalue weighted by atomic mass is 32.2. The van der Waals surface area contributed by atoms with Crippen LogP contribution >= 0.6 is 23.1 Å². The number of anilines is 1. The highest BCUT2D eigenvalue weighted by Crippen LogP contribution is 2.30. The molecular formula is C13H20N4O2S2. The van der Waals surface area contributed by atoms with Crippen molar-refractivity contribution in [2.75, 3.05) is 24.2 Å². The summed E-state index contributed by atoms with van der Waals surface area (Å²) in [6.45, 7) is 5.36. The number of hydrogen-bond acceptors (Lipinski definition) is 7. The Morgan fingerprint density at radius 3 is 2.76 bits per heavy atom. The van der Waals surface area contributed by atoms with Crippen molar-refractivity contribution < 1.29 is 9.53 Å².